The van der Waals surface area contributed by atoms with Gasteiger partial charge >= 0.3 is 11.9 Å². The third kappa shape index (κ3) is 27.6. The summed E-state index contributed by atoms with van der Waals surface area (Å²) >= 11 is 0. The highest BCUT2D eigenvalue weighted by Crippen LogP contribution is 2.26. The largest absolute Gasteiger partial charge is 0.462 e. The van der Waals surface area contributed by atoms with Crippen molar-refractivity contribution in [3.05, 3.63) is 60.8 Å². The van der Waals surface area contributed by atoms with Crippen molar-refractivity contribution < 1.29 is 73.8 Å². The molecule has 2 heterocycles. The van der Waals surface area contributed by atoms with Gasteiger partial charge in [0.2, 0.25) is 0 Å². The molecule has 0 amide bonds. The van der Waals surface area contributed by atoms with E-state index in [2.05, 4.69) is 38.2 Å². The van der Waals surface area contributed by atoms with Gasteiger partial charge in [0, 0.05) is 12.8 Å². The van der Waals surface area contributed by atoms with E-state index in [0.29, 0.717) is 12.8 Å². The minimum Gasteiger partial charge on any atom is -0.462 e. The predicted molar refractivity (Wildman–Crippen MR) is 261 cm³/mol. The van der Waals surface area contributed by atoms with E-state index in [1.807, 2.05) is 36.5 Å². The molecule has 2 fully saturated rings. The Hall–Kier alpha value is -2.80. The summed E-state index contributed by atoms with van der Waals surface area (Å²) < 4.78 is 33.5. The molecule has 2 aliphatic heterocycles. The summed E-state index contributed by atoms with van der Waals surface area (Å²) in [6.45, 7) is 2.39. The van der Waals surface area contributed by atoms with Crippen LogP contribution < -0.4 is 0 Å². The second-order valence-corrected chi connectivity index (χ2v) is 18.1. The van der Waals surface area contributed by atoms with E-state index in [-0.39, 0.29) is 19.4 Å². The summed E-state index contributed by atoms with van der Waals surface area (Å²) in [5.74, 6) is -0.979. The molecule has 5 unspecified atom stereocenters. The van der Waals surface area contributed by atoms with E-state index in [4.69, 9.17) is 28.4 Å². The van der Waals surface area contributed by atoms with Gasteiger partial charge in [-0.05, 0) is 57.8 Å². The van der Waals surface area contributed by atoms with Crippen LogP contribution in [0.1, 0.15) is 168 Å². The summed E-state index contributed by atoms with van der Waals surface area (Å²) in [6.07, 6.45) is 28.3. The van der Waals surface area contributed by atoms with Crippen LogP contribution in [0.3, 0.4) is 0 Å². The van der Waals surface area contributed by atoms with E-state index in [9.17, 15) is 45.3 Å². The normalized spacial score (nSPS) is 26.2. The first-order chi connectivity index (χ1) is 33.0. The molecule has 392 valence electrons. The van der Waals surface area contributed by atoms with Crippen molar-refractivity contribution in [3.8, 4) is 0 Å². The monoisotopic (exact) mass is 967 g/mol. The third-order valence-electron chi connectivity index (χ3n) is 12.1. The number of esters is 2. The second-order valence-electron chi connectivity index (χ2n) is 18.1. The molecule has 0 aromatic rings. The van der Waals surface area contributed by atoms with Crippen LogP contribution in [0.4, 0.5) is 0 Å². The van der Waals surface area contributed by atoms with Gasteiger partial charge in [-0.2, -0.15) is 0 Å². The maximum absolute atomic E-state index is 13.0. The van der Waals surface area contributed by atoms with Gasteiger partial charge in [-0.15, -0.1) is 0 Å². The number of rotatable bonds is 39. The zero-order valence-electron chi connectivity index (χ0n) is 41.3. The molecule has 0 aromatic heterocycles. The van der Waals surface area contributed by atoms with E-state index < -0.39 is 99.3 Å². The number of carbonyl (C=O) groups is 2. The highest BCUT2D eigenvalue weighted by atomic mass is 16.7. The van der Waals surface area contributed by atoms with Crippen LogP contribution in [0, 0.1) is 0 Å². The van der Waals surface area contributed by atoms with Gasteiger partial charge in [0.05, 0.1) is 19.8 Å². The lowest BCUT2D eigenvalue weighted by Gasteiger charge is -2.42. The molecule has 68 heavy (non-hydrogen) atoms. The van der Waals surface area contributed by atoms with Gasteiger partial charge < -0.3 is 64.2 Å². The molecule has 0 radical (unpaired) electrons. The number of allylic oxidation sites excluding steroid dienone is 10. The molecule has 2 rings (SSSR count). The summed E-state index contributed by atoms with van der Waals surface area (Å²) in [7, 11) is 0. The van der Waals surface area contributed by atoms with Crippen molar-refractivity contribution >= 4 is 11.9 Å². The van der Waals surface area contributed by atoms with Crippen LogP contribution >= 0.6 is 0 Å². The lowest BCUT2D eigenvalue weighted by atomic mass is 9.98. The zero-order valence-corrected chi connectivity index (χ0v) is 41.3. The SMILES string of the molecule is CC/C=C/C=C/C=C/C=C/CCCCCC(=O)OC(COC(=O)CCCCCCCCC/C=C/CCCCCCCCCC)CO[C@@H]1O[C@H](CO[C@@H]2O[C@H](CO)[C@H](O)C(O)C2O)[C@H](O)C(O)C1O. The number of unbranched alkanes of at least 4 members (excludes halogenated alkanes) is 18. The van der Waals surface area contributed by atoms with Gasteiger partial charge in [-0.3, -0.25) is 9.59 Å². The van der Waals surface area contributed by atoms with Gasteiger partial charge in [0.15, 0.2) is 18.7 Å². The maximum atomic E-state index is 13.0. The maximum Gasteiger partial charge on any atom is 0.306 e. The van der Waals surface area contributed by atoms with E-state index in [1.54, 1.807) is 0 Å². The average Bonchev–Trinajstić information content (AvgIpc) is 3.33. The van der Waals surface area contributed by atoms with Crippen molar-refractivity contribution in [1.82, 2.24) is 0 Å². The van der Waals surface area contributed by atoms with Gasteiger partial charge in [-0.1, -0.05) is 158 Å². The van der Waals surface area contributed by atoms with Crippen molar-refractivity contribution in [2.45, 2.75) is 235 Å². The topological polar surface area (TPSA) is 231 Å². The number of hydrogen-bond donors (Lipinski definition) is 7. The Labute approximate surface area is 407 Å². The fourth-order valence-electron chi connectivity index (χ4n) is 7.81. The van der Waals surface area contributed by atoms with Crippen LogP contribution in [0.5, 0.6) is 0 Å². The Bertz CT molecular complexity index is 1420. The minimum atomic E-state index is -1.77. The lowest BCUT2D eigenvalue weighted by molar-refractivity contribution is -0.332. The zero-order chi connectivity index (χ0) is 49.6. The highest BCUT2D eigenvalue weighted by Gasteiger charge is 2.47. The minimum absolute atomic E-state index is 0.116. The molecule has 7 N–H and O–H groups in total. The predicted octanol–water partition coefficient (Wildman–Crippen LogP) is 7.27. The Morgan fingerprint density at radius 3 is 1.51 bits per heavy atom. The summed E-state index contributed by atoms with van der Waals surface area (Å²) in [5, 5.41) is 72.0. The summed E-state index contributed by atoms with van der Waals surface area (Å²) in [5.41, 5.74) is 0. The number of ether oxygens (including phenoxy) is 6. The van der Waals surface area contributed by atoms with E-state index >= 15 is 0 Å². The average molecular weight is 967 g/mol. The van der Waals surface area contributed by atoms with Gasteiger partial charge in [0.25, 0.3) is 0 Å². The van der Waals surface area contributed by atoms with E-state index in [0.717, 1.165) is 57.8 Å². The second kappa shape index (κ2) is 39.9. The molecule has 15 nitrogen and oxygen atoms in total. The molecule has 0 aliphatic carbocycles. The van der Waals surface area contributed by atoms with Crippen molar-refractivity contribution in [3.63, 3.8) is 0 Å². The van der Waals surface area contributed by atoms with Crippen molar-refractivity contribution in [2.75, 3.05) is 26.4 Å². The van der Waals surface area contributed by atoms with Crippen LogP contribution in [-0.2, 0) is 38.0 Å². The molecule has 15 heteroatoms. The number of hydrogen-bond acceptors (Lipinski definition) is 15. The first kappa shape index (κ1) is 61.3. The summed E-state index contributed by atoms with van der Waals surface area (Å²) in [4.78, 5) is 25.7. The van der Waals surface area contributed by atoms with Crippen LogP contribution in [0.2, 0.25) is 0 Å². The Kier molecular flexibility index (Phi) is 36.0. The van der Waals surface area contributed by atoms with E-state index in [1.165, 1.54) is 70.6 Å². The van der Waals surface area contributed by atoms with Crippen LogP contribution in [0.25, 0.3) is 0 Å². The Morgan fingerprint density at radius 1 is 0.485 bits per heavy atom. The molecule has 11 atom stereocenters. The number of aliphatic hydroxyl groups excluding tert-OH is 7. The molecule has 2 aliphatic rings. The molecular formula is C53H90O15. The Balaban J connectivity index is 1.80. The fourth-order valence-corrected chi connectivity index (χ4v) is 7.81. The van der Waals surface area contributed by atoms with Crippen LogP contribution in [-0.4, -0.2) is 142 Å². The van der Waals surface area contributed by atoms with Crippen molar-refractivity contribution in [1.29, 1.82) is 0 Å². The van der Waals surface area contributed by atoms with Gasteiger partial charge in [0.1, 0.15) is 55.4 Å². The molecule has 2 saturated heterocycles. The third-order valence-corrected chi connectivity index (χ3v) is 12.1. The standard InChI is InChI=1S/C53H90O15/c1-3-5-7-9-11-13-15-17-18-19-20-21-22-24-25-27-29-31-33-35-44(55)63-38-41(66-45(56)36-34-32-30-28-26-23-16-14-12-10-8-6-4-2)39-64-52-51(62)49(60)47(58)43(68-52)40-65-53-50(61)48(59)46(57)42(37-54)67-53/h6,8,10,12,14,16,19-20,23,26,41-43,46-54,57-62H,3-5,7,9,11,13,15,17-18,21-22,24-25,27-40H2,1-2H3/b8-6+,12-10+,16-14+,20-19+,26-23+/t41?,42-,43-,46+,47+,48?,49?,50?,51?,52-,53-/m1/s1. The fraction of sp³-hybridized carbons (Fsp3) is 0.774. The smallest absolute Gasteiger partial charge is 0.306 e. The number of aliphatic hydroxyl groups is 7. The quantitative estimate of drug-likeness (QED) is 0.0139. The molecule has 0 saturated carbocycles. The molecule has 0 aromatic carbocycles. The van der Waals surface area contributed by atoms with Crippen molar-refractivity contribution in [2.24, 2.45) is 0 Å². The first-order valence-electron chi connectivity index (χ1n) is 25.9. The van der Waals surface area contributed by atoms with Gasteiger partial charge in [-0.25, -0.2) is 0 Å². The lowest BCUT2D eigenvalue weighted by Crippen LogP contribution is -2.61. The van der Waals surface area contributed by atoms with Crippen LogP contribution in [0.15, 0.2) is 60.8 Å². The highest BCUT2D eigenvalue weighted by molar-refractivity contribution is 5.70. The summed E-state index contributed by atoms with van der Waals surface area (Å²) in [6, 6.07) is 0. The number of carbonyl (C=O) groups excluding carboxylic acids is 2. The molecule has 0 spiro atoms. The molecular weight excluding hydrogens is 877 g/mol. The first-order valence-corrected chi connectivity index (χ1v) is 25.9. The molecule has 0 bridgehead atoms. The Morgan fingerprint density at radius 2 is 0.941 bits per heavy atom.